The second-order valence-corrected chi connectivity index (χ2v) is 5.89. The van der Waals surface area contributed by atoms with Gasteiger partial charge in [0.2, 0.25) is 0 Å². The van der Waals surface area contributed by atoms with Crippen LogP contribution in [0.1, 0.15) is 38.7 Å². The lowest BCUT2D eigenvalue weighted by Gasteiger charge is -2.41. The molecular formula is C16H25FN2. The topological polar surface area (TPSA) is 29.3 Å². The largest absolute Gasteiger partial charge is 0.329 e. The molecule has 1 saturated carbocycles. The van der Waals surface area contributed by atoms with Crippen molar-refractivity contribution in [2.75, 3.05) is 13.1 Å². The van der Waals surface area contributed by atoms with E-state index in [-0.39, 0.29) is 11.4 Å². The highest BCUT2D eigenvalue weighted by Gasteiger charge is 2.40. The number of rotatable bonds is 7. The Labute approximate surface area is 115 Å². The molecule has 0 heterocycles. The first-order valence-corrected chi connectivity index (χ1v) is 7.31. The predicted molar refractivity (Wildman–Crippen MR) is 77.6 cm³/mol. The Morgan fingerprint density at radius 2 is 2.05 bits per heavy atom. The van der Waals surface area contributed by atoms with Crippen molar-refractivity contribution in [3.05, 3.63) is 35.6 Å². The maximum Gasteiger partial charge on any atom is 0.126 e. The SMILES string of the molecule is CCCN(C1CC1)C(C)(CN)Cc1ccccc1F. The van der Waals surface area contributed by atoms with Crippen LogP contribution in [0.25, 0.3) is 0 Å². The lowest BCUT2D eigenvalue weighted by atomic mass is 9.90. The molecule has 1 aromatic carbocycles. The third-order valence-electron chi connectivity index (χ3n) is 4.11. The van der Waals surface area contributed by atoms with E-state index in [1.165, 1.54) is 18.9 Å². The predicted octanol–water partition coefficient (Wildman–Crippen LogP) is 2.96. The van der Waals surface area contributed by atoms with Crippen LogP contribution >= 0.6 is 0 Å². The first kappa shape index (κ1) is 14.5. The zero-order chi connectivity index (χ0) is 13.9. The summed E-state index contributed by atoms with van der Waals surface area (Å²) in [6.07, 6.45) is 4.32. The third kappa shape index (κ3) is 3.34. The van der Waals surface area contributed by atoms with E-state index in [9.17, 15) is 4.39 Å². The standard InChI is InChI=1S/C16H25FN2/c1-3-10-19(14-8-9-14)16(2,12-18)11-13-6-4-5-7-15(13)17/h4-7,14H,3,8-12,18H2,1-2H3. The quantitative estimate of drug-likeness (QED) is 0.820. The van der Waals surface area contributed by atoms with Crippen molar-refractivity contribution in [2.45, 2.75) is 51.1 Å². The van der Waals surface area contributed by atoms with Crippen molar-refractivity contribution in [3.63, 3.8) is 0 Å². The molecule has 0 aliphatic heterocycles. The van der Waals surface area contributed by atoms with Crippen LogP contribution in [0, 0.1) is 5.82 Å². The van der Waals surface area contributed by atoms with E-state index >= 15 is 0 Å². The van der Waals surface area contributed by atoms with Crippen molar-refractivity contribution >= 4 is 0 Å². The highest BCUT2D eigenvalue weighted by molar-refractivity contribution is 5.20. The molecule has 0 bridgehead atoms. The summed E-state index contributed by atoms with van der Waals surface area (Å²) >= 11 is 0. The summed E-state index contributed by atoms with van der Waals surface area (Å²) in [5, 5.41) is 0. The summed E-state index contributed by atoms with van der Waals surface area (Å²) in [6.45, 7) is 5.98. The minimum absolute atomic E-state index is 0.116. The second kappa shape index (κ2) is 6.02. The first-order valence-electron chi connectivity index (χ1n) is 7.31. The Kier molecular flexibility index (Phi) is 4.58. The van der Waals surface area contributed by atoms with Gasteiger partial charge in [0.15, 0.2) is 0 Å². The molecule has 19 heavy (non-hydrogen) atoms. The van der Waals surface area contributed by atoms with E-state index < -0.39 is 0 Å². The van der Waals surface area contributed by atoms with Gasteiger partial charge in [0, 0.05) is 18.1 Å². The molecule has 0 amide bonds. The van der Waals surface area contributed by atoms with Crippen molar-refractivity contribution < 1.29 is 4.39 Å². The van der Waals surface area contributed by atoms with Crippen molar-refractivity contribution in [2.24, 2.45) is 5.73 Å². The lowest BCUT2D eigenvalue weighted by Crippen LogP contribution is -2.54. The van der Waals surface area contributed by atoms with Gasteiger partial charge in [-0.1, -0.05) is 25.1 Å². The van der Waals surface area contributed by atoms with Crippen LogP contribution in [0.15, 0.2) is 24.3 Å². The minimum Gasteiger partial charge on any atom is -0.329 e. The monoisotopic (exact) mass is 264 g/mol. The number of hydrogen-bond donors (Lipinski definition) is 1. The molecule has 0 radical (unpaired) electrons. The fourth-order valence-corrected chi connectivity index (χ4v) is 2.86. The van der Waals surface area contributed by atoms with Crippen molar-refractivity contribution in [1.29, 1.82) is 0 Å². The highest BCUT2D eigenvalue weighted by atomic mass is 19.1. The van der Waals surface area contributed by atoms with Gasteiger partial charge in [-0.25, -0.2) is 4.39 Å². The summed E-state index contributed by atoms with van der Waals surface area (Å²) in [6, 6.07) is 7.70. The number of nitrogens with zero attached hydrogens (tertiary/aromatic N) is 1. The molecule has 2 N–H and O–H groups in total. The van der Waals surface area contributed by atoms with Crippen LogP contribution in [0.5, 0.6) is 0 Å². The van der Waals surface area contributed by atoms with E-state index in [2.05, 4.69) is 18.7 Å². The summed E-state index contributed by atoms with van der Waals surface area (Å²) in [5.74, 6) is -0.116. The molecule has 1 fully saturated rings. The van der Waals surface area contributed by atoms with Crippen molar-refractivity contribution in [1.82, 2.24) is 4.90 Å². The Bertz CT molecular complexity index is 417. The average molecular weight is 264 g/mol. The van der Waals surface area contributed by atoms with E-state index in [1.807, 2.05) is 12.1 Å². The van der Waals surface area contributed by atoms with Gasteiger partial charge in [-0.3, -0.25) is 4.90 Å². The second-order valence-electron chi connectivity index (χ2n) is 5.89. The maximum atomic E-state index is 13.9. The van der Waals surface area contributed by atoms with Gasteiger partial charge in [0.25, 0.3) is 0 Å². The van der Waals surface area contributed by atoms with Crippen LogP contribution in [-0.2, 0) is 6.42 Å². The smallest absolute Gasteiger partial charge is 0.126 e. The van der Waals surface area contributed by atoms with Gasteiger partial charge in [0.1, 0.15) is 5.82 Å². The normalized spacial score (nSPS) is 18.6. The number of halogens is 1. The fourth-order valence-electron chi connectivity index (χ4n) is 2.86. The average Bonchev–Trinajstić information content (AvgIpc) is 3.23. The zero-order valence-corrected chi connectivity index (χ0v) is 12.0. The van der Waals surface area contributed by atoms with Crippen molar-refractivity contribution in [3.8, 4) is 0 Å². The van der Waals surface area contributed by atoms with Gasteiger partial charge >= 0.3 is 0 Å². The molecule has 1 aliphatic carbocycles. The molecule has 2 nitrogen and oxygen atoms in total. The van der Waals surface area contributed by atoms with E-state index in [4.69, 9.17) is 5.73 Å². The molecule has 2 rings (SSSR count). The Morgan fingerprint density at radius 3 is 2.58 bits per heavy atom. The number of hydrogen-bond acceptors (Lipinski definition) is 2. The lowest BCUT2D eigenvalue weighted by molar-refractivity contribution is 0.0996. The summed E-state index contributed by atoms with van der Waals surface area (Å²) in [5.41, 5.74) is 6.67. The molecule has 1 atom stereocenters. The van der Waals surface area contributed by atoms with Crippen LogP contribution in [0.2, 0.25) is 0 Å². The fraction of sp³-hybridized carbons (Fsp3) is 0.625. The molecule has 0 aromatic heterocycles. The molecule has 3 heteroatoms. The molecule has 1 unspecified atom stereocenters. The highest BCUT2D eigenvalue weighted by Crippen LogP contribution is 2.34. The number of benzene rings is 1. The first-order chi connectivity index (χ1) is 9.10. The van der Waals surface area contributed by atoms with Gasteiger partial charge in [0.05, 0.1) is 0 Å². The van der Waals surface area contributed by atoms with E-state index in [0.717, 1.165) is 18.5 Å². The molecular weight excluding hydrogens is 239 g/mol. The van der Waals surface area contributed by atoms with E-state index in [0.29, 0.717) is 19.0 Å². The zero-order valence-electron chi connectivity index (χ0n) is 12.0. The Morgan fingerprint density at radius 1 is 1.37 bits per heavy atom. The molecule has 106 valence electrons. The summed E-state index contributed by atoms with van der Waals surface area (Å²) in [4.78, 5) is 2.50. The van der Waals surface area contributed by atoms with Gasteiger partial charge < -0.3 is 5.73 Å². The van der Waals surface area contributed by atoms with Gasteiger partial charge in [-0.05, 0) is 50.8 Å². The molecule has 1 aromatic rings. The third-order valence-corrected chi connectivity index (χ3v) is 4.11. The van der Waals surface area contributed by atoms with Crippen LogP contribution in [-0.4, -0.2) is 29.6 Å². The molecule has 0 saturated heterocycles. The minimum atomic E-state index is -0.140. The number of nitrogens with two attached hydrogens (primary N) is 1. The Hall–Kier alpha value is -0.930. The Balaban J connectivity index is 2.18. The van der Waals surface area contributed by atoms with Crippen LogP contribution in [0.3, 0.4) is 0 Å². The van der Waals surface area contributed by atoms with Crippen LogP contribution in [0.4, 0.5) is 4.39 Å². The summed E-state index contributed by atoms with van der Waals surface area (Å²) in [7, 11) is 0. The van der Waals surface area contributed by atoms with Crippen LogP contribution < -0.4 is 5.73 Å². The van der Waals surface area contributed by atoms with Gasteiger partial charge in [-0.15, -0.1) is 0 Å². The maximum absolute atomic E-state index is 13.9. The van der Waals surface area contributed by atoms with E-state index in [1.54, 1.807) is 6.07 Å². The molecule has 1 aliphatic rings. The summed E-state index contributed by atoms with van der Waals surface area (Å²) < 4.78 is 13.9. The van der Waals surface area contributed by atoms with Gasteiger partial charge in [-0.2, -0.15) is 0 Å². The molecule has 0 spiro atoms.